The van der Waals surface area contributed by atoms with Gasteiger partial charge in [-0.15, -0.1) is 0 Å². The molecule has 4 nitrogen and oxygen atoms in total. The molecule has 138 valence electrons. The summed E-state index contributed by atoms with van der Waals surface area (Å²) in [5.74, 6) is -2.32. The quantitative estimate of drug-likeness (QED) is 0.840. The largest absolute Gasteiger partial charge is 0.416 e. The maximum absolute atomic E-state index is 13.1. The molecule has 2 aromatic rings. The Morgan fingerprint density at radius 1 is 1.12 bits per heavy atom. The van der Waals surface area contributed by atoms with Crippen molar-refractivity contribution in [1.82, 2.24) is 4.72 Å². The lowest BCUT2D eigenvalue weighted by Crippen LogP contribution is -2.32. The molecular weight excluding hydrogens is 391 g/mol. The second-order valence-corrected chi connectivity index (χ2v) is 8.08. The molecule has 0 spiro atoms. The van der Waals surface area contributed by atoms with E-state index in [0.29, 0.717) is 0 Å². The minimum atomic E-state index is -4.53. The van der Waals surface area contributed by atoms with Crippen LogP contribution >= 0.6 is 11.6 Å². The fraction of sp³-hybridized carbons (Fsp3) is 0.235. The Morgan fingerprint density at radius 3 is 2.46 bits per heavy atom. The lowest BCUT2D eigenvalue weighted by Gasteiger charge is -2.12. The lowest BCUT2D eigenvalue weighted by atomic mass is 10.0. The molecular formula is C17H13ClF3NO3S. The number of carbonyl (C=O) groups excluding carboxylic acids is 1. The number of hydrogen-bond donors (Lipinski definition) is 1. The van der Waals surface area contributed by atoms with Gasteiger partial charge >= 0.3 is 6.18 Å². The summed E-state index contributed by atoms with van der Waals surface area (Å²) in [5.41, 5.74) is -0.807. The maximum Gasteiger partial charge on any atom is 0.416 e. The Kier molecular flexibility index (Phi) is 4.74. The number of rotatable bonds is 4. The molecule has 1 aliphatic carbocycles. The van der Waals surface area contributed by atoms with Gasteiger partial charge in [0, 0.05) is 10.9 Å². The number of halogens is 4. The molecule has 0 aliphatic heterocycles. The zero-order chi connectivity index (χ0) is 19.1. The Balaban J connectivity index is 1.77. The molecule has 2 unspecified atom stereocenters. The molecule has 3 rings (SSSR count). The van der Waals surface area contributed by atoms with Gasteiger partial charge in [0.25, 0.3) is 10.0 Å². The molecule has 1 saturated carbocycles. The highest BCUT2D eigenvalue weighted by atomic mass is 35.5. The Labute approximate surface area is 153 Å². The van der Waals surface area contributed by atoms with Crippen LogP contribution in [0.15, 0.2) is 53.4 Å². The van der Waals surface area contributed by atoms with Crippen molar-refractivity contribution < 1.29 is 26.4 Å². The van der Waals surface area contributed by atoms with Crippen molar-refractivity contribution >= 4 is 27.5 Å². The summed E-state index contributed by atoms with van der Waals surface area (Å²) in [6.07, 6.45) is -4.38. The van der Waals surface area contributed by atoms with Crippen LogP contribution in [0.1, 0.15) is 23.5 Å². The lowest BCUT2D eigenvalue weighted by molar-refractivity contribution is -0.138. The van der Waals surface area contributed by atoms with Gasteiger partial charge in [-0.3, -0.25) is 4.79 Å². The molecule has 1 amide bonds. The zero-order valence-corrected chi connectivity index (χ0v) is 14.7. The number of sulfonamides is 1. The van der Waals surface area contributed by atoms with E-state index in [1.54, 1.807) is 0 Å². The molecule has 0 aromatic heterocycles. The van der Waals surface area contributed by atoms with Crippen LogP contribution in [0.5, 0.6) is 0 Å². The third-order valence-electron chi connectivity index (χ3n) is 4.13. The average molecular weight is 404 g/mol. The second kappa shape index (κ2) is 6.59. The first-order chi connectivity index (χ1) is 12.1. The van der Waals surface area contributed by atoms with Gasteiger partial charge in [0.2, 0.25) is 5.91 Å². The first kappa shape index (κ1) is 18.7. The standard InChI is InChI=1S/C17H13ClF3NO3S/c18-10-4-3-5-11(8-10)26(24,25)22-16(23)14-9-13(14)12-6-1-2-7-15(12)17(19,20)21/h1-8,13-14H,9H2,(H,22,23). The molecule has 1 N–H and O–H groups in total. The minimum absolute atomic E-state index is 0.000281. The van der Waals surface area contributed by atoms with Gasteiger partial charge in [0.05, 0.1) is 10.5 Å². The molecule has 0 radical (unpaired) electrons. The van der Waals surface area contributed by atoms with Gasteiger partial charge in [0.15, 0.2) is 0 Å². The van der Waals surface area contributed by atoms with Gasteiger partial charge in [-0.05, 0) is 42.2 Å². The number of benzene rings is 2. The number of hydrogen-bond acceptors (Lipinski definition) is 3. The van der Waals surface area contributed by atoms with Crippen LogP contribution in [0.3, 0.4) is 0 Å². The number of carbonyl (C=O) groups is 1. The molecule has 1 aliphatic rings. The van der Waals surface area contributed by atoms with E-state index >= 15 is 0 Å². The van der Waals surface area contributed by atoms with Crippen LogP contribution in [0, 0.1) is 5.92 Å². The smallest absolute Gasteiger partial charge is 0.274 e. The minimum Gasteiger partial charge on any atom is -0.274 e. The van der Waals surface area contributed by atoms with Crippen LogP contribution in [-0.4, -0.2) is 14.3 Å². The predicted octanol–water partition coefficient (Wildman–Crippen LogP) is 3.97. The molecule has 0 saturated heterocycles. The van der Waals surface area contributed by atoms with E-state index < -0.39 is 39.5 Å². The molecule has 26 heavy (non-hydrogen) atoms. The molecule has 0 heterocycles. The summed E-state index contributed by atoms with van der Waals surface area (Å²) in [4.78, 5) is 12.0. The van der Waals surface area contributed by atoms with E-state index in [1.807, 2.05) is 4.72 Å². The van der Waals surface area contributed by atoms with Crippen LogP contribution in [0.25, 0.3) is 0 Å². The Bertz CT molecular complexity index is 960. The van der Waals surface area contributed by atoms with E-state index in [1.165, 1.54) is 42.5 Å². The third-order valence-corrected chi connectivity index (χ3v) is 5.71. The first-order valence-corrected chi connectivity index (χ1v) is 9.44. The number of nitrogens with one attached hydrogen (secondary N) is 1. The highest BCUT2D eigenvalue weighted by molar-refractivity contribution is 7.90. The fourth-order valence-corrected chi connectivity index (χ4v) is 4.14. The summed E-state index contributed by atoms with van der Waals surface area (Å²) < 4.78 is 65.6. The highest BCUT2D eigenvalue weighted by Gasteiger charge is 2.48. The van der Waals surface area contributed by atoms with Crippen molar-refractivity contribution in [2.45, 2.75) is 23.4 Å². The van der Waals surface area contributed by atoms with Crippen molar-refractivity contribution in [3.8, 4) is 0 Å². The summed E-state index contributed by atoms with van der Waals surface area (Å²) in [6.45, 7) is 0. The maximum atomic E-state index is 13.1. The van der Waals surface area contributed by atoms with Crippen LogP contribution in [0.4, 0.5) is 13.2 Å². The summed E-state index contributed by atoms with van der Waals surface area (Å²) in [7, 11) is -4.14. The molecule has 2 aromatic carbocycles. The topological polar surface area (TPSA) is 63.2 Å². The third kappa shape index (κ3) is 3.86. The average Bonchev–Trinajstić information content (AvgIpc) is 3.34. The zero-order valence-electron chi connectivity index (χ0n) is 13.1. The van der Waals surface area contributed by atoms with Gasteiger partial charge in [0.1, 0.15) is 0 Å². The molecule has 0 bridgehead atoms. The van der Waals surface area contributed by atoms with Crippen molar-refractivity contribution in [2.75, 3.05) is 0 Å². The van der Waals surface area contributed by atoms with Gasteiger partial charge in [-0.2, -0.15) is 13.2 Å². The van der Waals surface area contributed by atoms with Crippen LogP contribution < -0.4 is 4.72 Å². The van der Waals surface area contributed by atoms with Crippen molar-refractivity contribution in [2.24, 2.45) is 5.92 Å². The van der Waals surface area contributed by atoms with E-state index in [2.05, 4.69) is 0 Å². The van der Waals surface area contributed by atoms with Crippen molar-refractivity contribution in [3.63, 3.8) is 0 Å². The number of amides is 1. The molecule has 9 heteroatoms. The van der Waals surface area contributed by atoms with Gasteiger partial charge in [-0.25, -0.2) is 13.1 Å². The van der Waals surface area contributed by atoms with Crippen molar-refractivity contribution in [3.05, 3.63) is 64.7 Å². The van der Waals surface area contributed by atoms with Gasteiger partial charge in [-0.1, -0.05) is 35.9 Å². The van der Waals surface area contributed by atoms with Crippen LogP contribution in [-0.2, 0) is 21.0 Å². The summed E-state index contributed by atoms with van der Waals surface area (Å²) in [5, 5.41) is 0.184. The molecule has 2 atom stereocenters. The van der Waals surface area contributed by atoms with E-state index in [9.17, 15) is 26.4 Å². The highest BCUT2D eigenvalue weighted by Crippen LogP contribution is 2.51. The van der Waals surface area contributed by atoms with Gasteiger partial charge < -0.3 is 0 Å². The van der Waals surface area contributed by atoms with E-state index in [4.69, 9.17) is 11.6 Å². The van der Waals surface area contributed by atoms with Crippen LogP contribution in [0.2, 0.25) is 5.02 Å². The first-order valence-electron chi connectivity index (χ1n) is 7.58. The fourth-order valence-electron chi connectivity index (χ4n) is 2.81. The normalized spacial score (nSPS) is 19.8. The number of alkyl halides is 3. The SMILES string of the molecule is O=C(NS(=O)(=O)c1cccc(Cl)c1)C1CC1c1ccccc1C(F)(F)F. The van der Waals surface area contributed by atoms with E-state index in [0.717, 1.165) is 6.07 Å². The second-order valence-electron chi connectivity index (χ2n) is 5.96. The molecule has 1 fully saturated rings. The Hall–Kier alpha value is -2.06. The van der Waals surface area contributed by atoms with E-state index in [-0.39, 0.29) is 21.9 Å². The summed E-state index contributed by atoms with van der Waals surface area (Å²) in [6, 6.07) is 10.3. The van der Waals surface area contributed by atoms with Crippen molar-refractivity contribution in [1.29, 1.82) is 0 Å². The Morgan fingerprint density at radius 2 is 1.81 bits per heavy atom. The summed E-state index contributed by atoms with van der Waals surface area (Å²) >= 11 is 5.74. The monoisotopic (exact) mass is 403 g/mol. The predicted molar refractivity (Wildman–Crippen MR) is 89.1 cm³/mol.